The predicted molar refractivity (Wildman–Crippen MR) is 123 cm³/mol. The molecule has 176 valence electrons. The van der Waals surface area contributed by atoms with Gasteiger partial charge < -0.3 is 24.9 Å². The van der Waals surface area contributed by atoms with Crippen LogP contribution >= 0.6 is 11.6 Å². The van der Waals surface area contributed by atoms with E-state index in [1.165, 1.54) is 10.4 Å². The Morgan fingerprint density at radius 1 is 1.24 bits per heavy atom. The summed E-state index contributed by atoms with van der Waals surface area (Å²) in [5, 5.41) is 0.649. The number of fused-ring (bicyclic) bond motifs is 1. The van der Waals surface area contributed by atoms with Crippen molar-refractivity contribution in [2.24, 2.45) is 5.73 Å². The number of carbonyl (C=O) groups excluding carboxylic acids is 1. The molecule has 1 aliphatic rings. The van der Waals surface area contributed by atoms with Crippen molar-refractivity contribution < 1.29 is 27.4 Å². The normalized spacial score (nSPS) is 17.2. The highest BCUT2D eigenvalue weighted by atomic mass is 35.5. The first-order chi connectivity index (χ1) is 15.8. The number of para-hydroxylation sites is 2. The molecule has 0 bridgehead atoms. The Balaban J connectivity index is 1.58. The van der Waals surface area contributed by atoms with E-state index in [4.69, 9.17) is 31.5 Å². The number of amides is 1. The number of hydrogen-bond donors (Lipinski definition) is 2. The number of aromatic amines is 1. The smallest absolute Gasteiger partial charge is 0.266 e. The average molecular weight is 494 g/mol. The molecule has 2 heterocycles. The van der Waals surface area contributed by atoms with Crippen LogP contribution in [-0.4, -0.2) is 62.6 Å². The summed E-state index contributed by atoms with van der Waals surface area (Å²) in [6.45, 7) is 2.84. The third-order valence-corrected chi connectivity index (χ3v) is 7.42. The summed E-state index contributed by atoms with van der Waals surface area (Å²) in [4.78, 5) is 14.7. The summed E-state index contributed by atoms with van der Waals surface area (Å²) in [6, 6.07) is 11.9. The van der Waals surface area contributed by atoms with Gasteiger partial charge in [0.2, 0.25) is 10.0 Å². The van der Waals surface area contributed by atoms with Crippen molar-refractivity contribution in [1.82, 2.24) is 9.29 Å². The minimum atomic E-state index is -4.09. The van der Waals surface area contributed by atoms with Crippen LogP contribution in [0.2, 0.25) is 5.02 Å². The number of nitrogens with one attached hydrogen (secondary N) is 1. The molecule has 3 aromatic rings. The Bertz CT molecular complexity index is 1280. The molecule has 1 atom stereocenters. The first-order valence-electron chi connectivity index (χ1n) is 10.4. The van der Waals surface area contributed by atoms with Crippen LogP contribution in [-0.2, 0) is 14.8 Å². The topological polar surface area (TPSA) is 124 Å². The molecule has 1 amide bonds. The molecule has 11 heteroatoms. The van der Waals surface area contributed by atoms with Crippen LogP contribution in [0.25, 0.3) is 10.9 Å². The number of benzene rings is 2. The lowest BCUT2D eigenvalue weighted by atomic mass is 10.2. The third kappa shape index (κ3) is 4.79. The van der Waals surface area contributed by atoms with Crippen LogP contribution in [0.1, 0.15) is 17.4 Å². The lowest BCUT2D eigenvalue weighted by molar-refractivity contribution is -0.0253. The number of ether oxygens (including phenoxy) is 3. The molecule has 1 saturated heterocycles. The van der Waals surface area contributed by atoms with Gasteiger partial charge in [0.1, 0.15) is 23.3 Å². The maximum atomic E-state index is 13.6. The zero-order chi connectivity index (χ0) is 23.6. The molecule has 2 aromatic carbocycles. The number of rotatable bonds is 8. The highest BCUT2D eigenvalue weighted by Crippen LogP contribution is 2.32. The number of nitrogens with zero attached hydrogens (tertiary/aromatic N) is 1. The highest BCUT2D eigenvalue weighted by molar-refractivity contribution is 7.89. The molecular weight excluding hydrogens is 470 g/mol. The maximum absolute atomic E-state index is 13.6. The van der Waals surface area contributed by atoms with E-state index < -0.39 is 22.0 Å². The lowest BCUT2D eigenvalue weighted by Gasteiger charge is -2.32. The zero-order valence-electron chi connectivity index (χ0n) is 17.9. The minimum absolute atomic E-state index is 0.0462. The van der Waals surface area contributed by atoms with Gasteiger partial charge in [-0.2, -0.15) is 4.31 Å². The van der Waals surface area contributed by atoms with Crippen molar-refractivity contribution >= 4 is 38.4 Å². The van der Waals surface area contributed by atoms with Crippen LogP contribution in [0.5, 0.6) is 11.5 Å². The zero-order valence-corrected chi connectivity index (χ0v) is 19.5. The van der Waals surface area contributed by atoms with Crippen molar-refractivity contribution in [2.45, 2.75) is 17.9 Å². The predicted octanol–water partition coefficient (Wildman–Crippen LogP) is 2.79. The average Bonchev–Trinajstić information content (AvgIpc) is 3.19. The van der Waals surface area contributed by atoms with E-state index in [-0.39, 0.29) is 36.9 Å². The molecule has 0 radical (unpaired) electrons. The number of carbonyl (C=O) groups is 1. The number of aromatic nitrogens is 1. The molecular formula is C22H24ClN3O6S. The molecule has 4 rings (SSSR count). The summed E-state index contributed by atoms with van der Waals surface area (Å²) in [7, 11) is -4.09. The molecule has 0 aliphatic carbocycles. The summed E-state index contributed by atoms with van der Waals surface area (Å²) in [5.41, 5.74) is 5.75. The van der Waals surface area contributed by atoms with Crippen molar-refractivity contribution in [1.29, 1.82) is 0 Å². The summed E-state index contributed by atoms with van der Waals surface area (Å²) in [5.74, 6) is 0.272. The van der Waals surface area contributed by atoms with Crippen LogP contribution in [0.3, 0.4) is 0 Å². The number of hydrogen-bond acceptors (Lipinski definition) is 6. The molecule has 1 unspecified atom stereocenters. The van der Waals surface area contributed by atoms with Crippen LogP contribution in [0.15, 0.2) is 47.4 Å². The SMILES string of the molecule is CCOc1ccccc1OCC1CN(S(=O)(=O)c2c(C(N)=O)[nH]c3ccc(Cl)cc23)CCO1. The van der Waals surface area contributed by atoms with Gasteiger partial charge in [-0.25, -0.2) is 8.42 Å². The minimum Gasteiger partial charge on any atom is -0.490 e. The molecule has 3 N–H and O–H groups in total. The Morgan fingerprint density at radius 2 is 1.97 bits per heavy atom. The van der Waals surface area contributed by atoms with E-state index >= 15 is 0 Å². The number of H-pyrrole nitrogens is 1. The van der Waals surface area contributed by atoms with Crippen molar-refractivity contribution in [2.75, 3.05) is 32.9 Å². The maximum Gasteiger partial charge on any atom is 0.266 e. The highest BCUT2D eigenvalue weighted by Gasteiger charge is 2.36. The second-order valence-corrected chi connectivity index (χ2v) is 9.74. The Morgan fingerprint density at radius 3 is 2.67 bits per heavy atom. The molecule has 33 heavy (non-hydrogen) atoms. The monoisotopic (exact) mass is 493 g/mol. The van der Waals surface area contributed by atoms with E-state index in [1.807, 2.05) is 19.1 Å². The molecule has 9 nitrogen and oxygen atoms in total. The van der Waals surface area contributed by atoms with Crippen LogP contribution < -0.4 is 15.2 Å². The fourth-order valence-electron chi connectivity index (χ4n) is 3.75. The van der Waals surface area contributed by atoms with Crippen molar-refractivity contribution in [3.63, 3.8) is 0 Å². The fourth-order valence-corrected chi connectivity index (χ4v) is 5.71. The van der Waals surface area contributed by atoms with E-state index in [1.54, 1.807) is 24.3 Å². The molecule has 1 aromatic heterocycles. The first-order valence-corrected chi connectivity index (χ1v) is 12.2. The van der Waals surface area contributed by atoms with Gasteiger partial charge in [0.25, 0.3) is 5.91 Å². The second kappa shape index (κ2) is 9.60. The summed E-state index contributed by atoms with van der Waals surface area (Å²) >= 11 is 6.09. The van der Waals surface area contributed by atoms with Gasteiger partial charge in [0.15, 0.2) is 11.5 Å². The number of morpholine rings is 1. The Labute approximate surface area is 196 Å². The Hall–Kier alpha value is -2.79. The van der Waals surface area contributed by atoms with Gasteiger partial charge in [-0.15, -0.1) is 0 Å². The lowest BCUT2D eigenvalue weighted by Crippen LogP contribution is -2.47. The van der Waals surface area contributed by atoms with E-state index in [0.29, 0.717) is 34.0 Å². The number of nitrogens with two attached hydrogens (primary N) is 1. The van der Waals surface area contributed by atoms with Gasteiger partial charge in [0, 0.05) is 29.0 Å². The number of halogens is 1. The van der Waals surface area contributed by atoms with Crippen molar-refractivity contribution in [3.05, 3.63) is 53.2 Å². The summed E-state index contributed by atoms with van der Waals surface area (Å²) in [6.07, 6.45) is -0.519. The number of primary amides is 1. The van der Waals surface area contributed by atoms with Crippen molar-refractivity contribution in [3.8, 4) is 11.5 Å². The Kier molecular flexibility index (Phi) is 6.80. The van der Waals surface area contributed by atoms with Gasteiger partial charge in [-0.1, -0.05) is 23.7 Å². The molecule has 0 saturated carbocycles. The quantitative estimate of drug-likeness (QED) is 0.497. The number of sulfonamides is 1. The van der Waals surface area contributed by atoms with E-state index in [0.717, 1.165) is 0 Å². The second-order valence-electron chi connectivity index (χ2n) is 7.43. The van der Waals surface area contributed by atoms with Gasteiger partial charge >= 0.3 is 0 Å². The fraction of sp³-hybridized carbons (Fsp3) is 0.318. The van der Waals surface area contributed by atoms with E-state index in [9.17, 15) is 13.2 Å². The molecule has 0 spiro atoms. The molecule has 1 fully saturated rings. The van der Waals surface area contributed by atoms with Crippen LogP contribution in [0, 0.1) is 0 Å². The summed E-state index contributed by atoms with van der Waals surface area (Å²) < 4.78 is 45.6. The molecule has 1 aliphatic heterocycles. The van der Waals surface area contributed by atoms with Gasteiger partial charge in [0.05, 0.1) is 13.2 Å². The first kappa shape index (κ1) is 23.4. The van der Waals surface area contributed by atoms with Gasteiger partial charge in [-0.05, 0) is 37.3 Å². The van der Waals surface area contributed by atoms with E-state index in [2.05, 4.69) is 4.98 Å². The largest absolute Gasteiger partial charge is 0.490 e. The third-order valence-electron chi connectivity index (χ3n) is 5.23. The van der Waals surface area contributed by atoms with Crippen LogP contribution in [0.4, 0.5) is 0 Å². The van der Waals surface area contributed by atoms with Gasteiger partial charge in [-0.3, -0.25) is 4.79 Å². The standard InChI is InChI=1S/C22H24ClN3O6S/c1-2-30-18-5-3-4-6-19(18)32-13-15-12-26(9-10-31-15)33(28,29)21-16-11-14(23)7-8-17(16)25-20(21)22(24)27/h3-8,11,15,25H,2,9-10,12-13H2,1H3,(H2,24,27).